The highest BCUT2D eigenvalue weighted by Crippen LogP contribution is 2.27. The summed E-state index contributed by atoms with van der Waals surface area (Å²) in [6.07, 6.45) is 8.69. The number of likely N-dealkylation sites (tertiary alicyclic amines) is 1. The van der Waals surface area contributed by atoms with Crippen molar-refractivity contribution in [1.29, 1.82) is 0 Å². The number of benzene rings is 1. The number of fused-ring (bicyclic) bond motifs is 1. The van der Waals surface area contributed by atoms with Crippen molar-refractivity contribution in [1.82, 2.24) is 19.9 Å². The van der Waals surface area contributed by atoms with Crippen molar-refractivity contribution >= 4 is 5.97 Å². The molecule has 1 N–H and O–H groups in total. The Morgan fingerprint density at radius 2 is 2.12 bits per heavy atom. The van der Waals surface area contributed by atoms with Gasteiger partial charge in [-0.15, -0.1) is 5.10 Å². The fourth-order valence-electron chi connectivity index (χ4n) is 4.19. The molecule has 1 fully saturated rings. The molecule has 1 atom stereocenters. The van der Waals surface area contributed by atoms with Crippen LogP contribution in [0.25, 0.3) is 0 Å². The predicted molar refractivity (Wildman–Crippen MR) is 93.6 cm³/mol. The molecule has 132 valence electrons. The van der Waals surface area contributed by atoms with Crippen LogP contribution in [0.5, 0.6) is 0 Å². The Bertz CT molecular complexity index is 771. The number of aryl methyl sites for hydroxylation is 1. The summed E-state index contributed by atoms with van der Waals surface area (Å²) in [7, 11) is 0. The minimum absolute atomic E-state index is 0.0225. The third-order valence-corrected chi connectivity index (χ3v) is 5.47. The maximum Gasteiger partial charge on any atom is 0.358 e. The summed E-state index contributed by atoms with van der Waals surface area (Å²) in [5.74, 6) is -1.02. The molecule has 1 unspecified atom stereocenters. The van der Waals surface area contributed by atoms with Crippen molar-refractivity contribution in [3.8, 4) is 0 Å². The van der Waals surface area contributed by atoms with Gasteiger partial charge >= 0.3 is 5.97 Å². The topological polar surface area (TPSA) is 71.2 Å². The van der Waals surface area contributed by atoms with Gasteiger partial charge in [0, 0.05) is 13.1 Å². The number of carboxylic acid groups (broad SMARTS) is 1. The molecule has 1 aromatic heterocycles. The number of carbonyl (C=O) groups is 1. The van der Waals surface area contributed by atoms with E-state index in [0.717, 1.165) is 32.5 Å². The molecule has 1 aliphatic heterocycles. The van der Waals surface area contributed by atoms with Crippen molar-refractivity contribution < 1.29 is 9.90 Å². The van der Waals surface area contributed by atoms with Gasteiger partial charge in [-0.05, 0) is 61.8 Å². The standard InChI is InChI=1S/C19H24N4O2/c24-19(25)18-13-23(21-20-18)16-8-4-10-22(12-16)11-15-7-3-6-14-5-1-2-9-17(14)15/h3,6-7,13,16H,1-2,4-5,8-12H2,(H,24,25). The molecular weight excluding hydrogens is 316 g/mol. The lowest BCUT2D eigenvalue weighted by atomic mass is 9.88. The zero-order valence-electron chi connectivity index (χ0n) is 14.4. The maximum absolute atomic E-state index is 11.0. The zero-order valence-corrected chi connectivity index (χ0v) is 14.4. The Kier molecular flexibility index (Phi) is 4.53. The molecule has 4 rings (SSSR count). The van der Waals surface area contributed by atoms with E-state index >= 15 is 0 Å². The van der Waals surface area contributed by atoms with E-state index in [1.165, 1.54) is 36.8 Å². The quantitative estimate of drug-likeness (QED) is 0.926. The summed E-state index contributed by atoms with van der Waals surface area (Å²) in [6, 6.07) is 6.94. The fraction of sp³-hybridized carbons (Fsp3) is 0.526. The zero-order chi connectivity index (χ0) is 17.2. The molecule has 6 nitrogen and oxygen atoms in total. The molecule has 2 heterocycles. The van der Waals surface area contributed by atoms with Crippen LogP contribution in [0.3, 0.4) is 0 Å². The lowest BCUT2D eigenvalue weighted by Crippen LogP contribution is -2.36. The second-order valence-corrected chi connectivity index (χ2v) is 7.18. The van der Waals surface area contributed by atoms with Gasteiger partial charge in [-0.1, -0.05) is 23.4 Å². The molecule has 0 amide bonds. The van der Waals surface area contributed by atoms with Gasteiger partial charge < -0.3 is 5.11 Å². The SMILES string of the molecule is O=C(O)c1cn(C2CCCN(Cc3cccc4c3CCCC4)C2)nn1. The lowest BCUT2D eigenvalue weighted by molar-refractivity contribution is 0.0690. The Hall–Kier alpha value is -2.21. The van der Waals surface area contributed by atoms with Crippen LogP contribution in [0.2, 0.25) is 0 Å². The normalized spacial score (nSPS) is 21.0. The fourth-order valence-corrected chi connectivity index (χ4v) is 4.19. The third-order valence-electron chi connectivity index (χ3n) is 5.47. The predicted octanol–water partition coefficient (Wildman–Crippen LogP) is 2.69. The first kappa shape index (κ1) is 16.3. The molecule has 6 heteroatoms. The van der Waals surface area contributed by atoms with E-state index in [1.807, 2.05) is 0 Å². The van der Waals surface area contributed by atoms with Crippen LogP contribution in [-0.4, -0.2) is 44.1 Å². The summed E-state index contributed by atoms with van der Waals surface area (Å²) in [5, 5.41) is 16.8. The first-order chi connectivity index (χ1) is 12.2. The summed E-state index contributed by atoms with van der Waals surface area (Å²) < 4.78 is 1.73. The van der Waals surface area contributed by atoms with Gasteiger partial charge in [0.2, 0.25) is 0 Å². The van der Waals surface area contributed by atoms with E-state index in [0.29, 0.717) is 0 Å². The van der Waals surface area contributed by atoms with Gasteiger partial charge in [-0.2, -0.15) is 0 Å². The Balaban J connectivity index is 1.47. The van der Waals surface area contributed by atoms with E-state index in [9.17, 15) is 4.79 Å². The second kappa shape index (κ2) is 6.96. The highest BCUT2D eigenvalue weighted by Gasteiger charge is 2.24. The van der Waals surface area contributed by atoms with Crippen LogP contribution in [-0.2, 0) is 19.4 Å². The van der Waals surface area contributed by atoms with Gasteiger partial charge in [0.05, 0.1) is 12.2 Å². The van der Waals surface area contributed by atoms with Gasteiger partial charge in [-0.25, -0.2) is 9.48 Å². The van der Waals surface area contributed by atoms with Crippen LogP contribution < -0.4 is 0 Å². The van der Waals surface area contributed by atoms with Crippen LogP contribution in [0, 0.1) is 0 Å². The highest BCUT2D eigenvalue weighted by molar-refractivity contribution is 5.84. The number of rotatable bonds is 4. The van der Waals surface area contributed by atoms with Gasteiger partial charge in [-0.3, -0.25) is 4.90 Å². The lowest BCUT2D eigenvalue weighted by Gasteiger charge is -2.33. The first-order valence-electron chi connectivity index (χ1n) is 9.18. The minimum atomic E-state index is -1.02. The van der Waals surface area contributed by atoms with Crippen molar-refractivity contribution in [2.45, 2.75) is 51.1 Å². The maximum atomic E-state index is 11.0. The van der Waals surface area contributed by atoms with Gasteiger partial charge in [0.15, 0.2) is 5.69 Å². The van der Waals surface area contributed by atoms with E-state index in [-0.39, 0.29) is 11.7 Å². The van der Waals surface area contributed by atoms with Crippen LogP contribution in [0.1, 0.15) is 58.9 Å². The summed E-state index contributed by atoms with van der Waals surface area (Å²) in [4.78, 5) is 13.5. The third kappa shape index (κ3) is 3.44. The molecule has 1 saturated heterocycles. The molecule has 2 aliphatic rings. The second-order valence-electron chi connectivity index (χ2n) is 7.18. The number of hydrogen-bond acceptors (Lipinski definition) is 4. The number of aromatic nitrogens is 3. The van der Waals surface area contributed by atoms with Crippen molar-refractivity contribution in [3.05, 3.63) is 46.8 Å². The van der Waals surface area contributed by atoms with Crippen molar-refractivity contribution in [3.63, 3.8) is 0 Å². The molecule has 0 radical (unpaired) electrons. The molecule has 0 spiro atoms. The highest BCUT2D eigenvalue weighted by atomic mass is 16.4. The largest absolute Gasteiger partial charge is 0.476 e. The molecule has 0 bridgehead atoms. The minimum Gasteiger partial charge on any atom is -0.476 e. The summed E-state index contributed by atoms with van der Waals surface area (Å²) in [5.41, 5.74) is 4.57. The van der Waals surface area contributed by atoms with Gasteiger partial charge in [0.1, 0.15) is 0 Å². The van der Waals surface area contributed by atoms with E-state index in [1.54, 1.807) is 16.4 Å². The molecule has 2 aromatic rings. The molecule has 0 saturated carbocycles. The van der Waals surface area contributed by atoms with Gasteiger partial charge in [0.25, 0.3) is 0 Å². The summed E-state index contributed by atoms with van der Waals surface area (Å²) >= 11 is 0. The van der Waals surface area contributed by atoms with Crippen LogP contribution in [0.4, 0.5) is 0 Å². The monoisotopic (exact) mass is 340 g/mol. The van der Waals surface area contributed by atoms with E-state index < -0.39 is 5.97 Å². The van der Waals surface area contributed by atoms with Crippen LogP contribution in [0.15, 0.2) is 24.4 Å². The van der Waals surface area contributed by atoms with Crippen molar-refractivity contribution in [2.24, 2.45) is 0 Å². The average Bonchev–Trinajstić information content (AvgIpc) is 3.13. The molecular formula is C19H24N4O2. The Labute approximate surface area is 147 Å². The number of hydrogen-bond donors (Lipinski definition) is 1. The average molecular weight is 340 g/mol. The number of piperidine rings is 1. The smallest absolute Gasteiger partial charge is 0.358 e. The Morgan fingerprint density at radius 3 is 2.96 bits per heavy atom. The van der Waals surface area contributed by atoms with Crippen LogP contribution >= 0.6 is 0 Å². The van der Waals surface area contributed by atoms with E-state index in [4.69, 9.17) is 5.11 Å². The number of aromatic carboxylic acids is 1. The number of nitrogens with zero attached hydrogens (tertiary/aromatic N) is 4. The Morgan fingerprint density at radius 1 is 1.24 bits per heavy atom. The molecule has 1 aromatic carbocycles. The number of carboxylic acids is 1. The summed E-state index contributed by atoms with van der Waals surface area (Å²) in [6.45, 7) is 2.95. The van der Waals surface area contributed by atoms with Crippen molar-refractivity contribution in [2.75, 3.05) is 13.1 Å². The van der Waals surface area contributed by atoms with E-state index in [2.05, 4.69) is 33.4 Å². The first-order valence-corrected chi connectivity index (χ1v) is 9.18. The molecule has 25 heavy (non-hydrogen) atoms. The molecule has 1 aliphatic carbocycles.